The molecule has 3 heteroatoms. The number of hydrogen-bond acceptors (Lipinski definition) is 2. The van der Waals surface area contributed by atoms with Gasteiger partial charge in [-0.2, -0.15) is 0 Å². The molecule has 2 nitrogen and oxygen atoms in total. The van der Waals surface area contributed by atoms with Crippen LogP contribution >= 0.6 is 0 Å². The van der Waals surface area contributed by atoms with Gasteiger partial charge in [-0.15, -0.1) is 4.36 Å². The van der Waals surface area contributed by atoms with Gasteiger partial charge in [-0.25, -0.2) is 0 Å². The lowest BCUT2D eigenvalue weighted by molar-refractivity contribution is 0.587. The van der Waals surface area contributed by atoms with Gasteiger partial charge >= 0.3 is 0 Å². The van der Waals surface area contributed by atoms with Crippen molar-refractivity contribution >= 4 is 10.1 Å². The summed E-state index contributed by atoms with van der Waals surface area (Å²) < 4.78 is 17.4. The molecule has 0 aromatic heterocycles. The van der Waals surface area contributed by atoms with Gasteiger partial charge in [0.1, 0.15) is 10.9 Å². The molecule has 92 valence electrons. The van der Waals surface area contributed by atoms with Crippen molar-refractivity contribution in [2.75, 3.05) is 5.75 Å². The molecule has 0 spiro atoms. The van der Waals surface area contributed by atoms with Crippen LogP contribution in [0.2, 0.25) is 0 Å². The SMILES string of the molecule is [O-][S+]1(c2ccccc2)=NC(c2ccccc2)CC1. The molecular weight excluding hydrogens is 242 g/mol. The quantitative estimate of drug-likeness (QED) is 0.756. The number of nitrogens with zero attached hydrogens (tertiary/aromatic N) is 1. The summed E-state index contributed by atoms with van der Waals surface area (Å²) in [4.78, 5) is 0.864. The van der Waals surface area contributed by atoms with Gasteiger partial charge in [0.2, 0.25) is 0 Å². The summed E-state index contributed by atoms with van der Waals surface area (Å²) in [6.07, 6.45) is 0.873. The highest BCUT2D eigenvalue weighted by Gasteiger charge is 2.29. The van der Waals surface area contributed by atoms with Crippen molar-refractivity contribution in [2.45, 2.75) is 17.4 Å². The summed E-state index contributed by atoms with van der Waals surface area (Å²) in [6, 6.07) is 19.8. The fraction of sp³-hybridized carbons (Fsp3) is 0.200. The van der Waals surface area contributed by atoms with Crippen molar-refractivity contribution < 1.29 is 4.55 Å². The third kappa shape index (κ3) is 2.11. The standard InChI is InChI=1S/C15H15NOS/c17-18(14-9-5-2-6-10-14)12-11-15(16-18)13-7-3-1-4-8-13/h1-10,15H,11-12H2. The normalized spacial score (nSPS) is 26.8. The molecule has 0 aliphatic carbocycles. The third-order valence-electron chi connectivity index (χ3n) is 3.26. The molecule has 0 amide bonds. The van der Waals surface area contributed by atoms with Crippen LogP contribution in [0.4, 0.5) is 0 Å². The molecule has 0 saturated heterocycles. The molecule has 0 bridgehead atoms. The smallest absolute Gasteiger partial charge is 0.136 e. The van der Waals surface area contributed by atoms with E-state index in [1.807, 2.05) is 48.5 Å². The van der Waals surface area contributed by atoms with E-state index in [0.29, 0.717) is 5.75 Å². The number of benzene rings is 2. The van der Waals surface area contributed by atoms with Gasteiger partial charge in [-0.05, 0) is 27.8 Å². The second kappa shape index (κ2) is 4.67. The van der Waals surface area contributed by atoms with E-state index in [1.54, 1.807) is 0 Å². The molecular formula is C15H15NOS. The van der Waals surface area contributed by atoms with E-state index in [-0.39, 0.29) is 6.04 Å². The van der Waals surface area contributed by atoms with E-state index in [4.69, 9.17) is 0 Å². The van der Waals surface area contributed by atoms with Crippen LogP contribution in [0.3, 0.4) is 0 Å². The van der Waals surface area contributed by atoms with Crippen LogP contribution in [-0.2, 0) is 10.1 Å². The second-order valence-electron chi connectivity index (χ2n) is 4.48. The van der Waals surface area contributed by atoms with Gasteiger partial charge in [-0.1, -0.05) is 48.5 Å². The molecule has 1 aliphatic rings. The summed E-state index contributed by atoms with van der Waals surface area (Å²) in [7, 11) is -2.20. The van der Waals surface area contributed by atoms with Crippen LogP contribution in [0, 0.1) is 0 Å². The molecule has 2 aromatic rings. The lowest BCUT2D eigenvalue weighted by atomic mass is 10.1. The summed E-state index contributed by atoms with van der Waals surface area (Å²) in [5.74, 6) is 0.663. The Morgan fingerprint density at radius 3 is 2.22 bits per heavy atom. The van der Waals surface area contributed by atoms with Crippen LogP contribution in [0.25, 0.3) is 0 Å². The maximum absolute atomic E-state index is 12.8. The number of hydrogen-bond donors (Lipinski definition) is 0. The first-order valence-corrected chi connectivity index (χ1v) is 7.80. The van der Waals surface area contributed by atoms with Crippen molar-refractivity contribution in [2.24, 2.45) is 4.36 Å². The van der Waals surface area contributed by atoms with E-state index in [1.165, 1.54) is 5.56 Å². The zero-order valence-corrected chi connectivity index (χ0v) is 10.8. The number of rotatable bonds is 2. The van der Waals surface area contributed by atoms with Gasteiger partial charge in [0.25, 0.3) is 0 Å². The van der Waals surface area contributed by atoms with E-state index < -0.39 is 10.1 Å². The zero-order valence-electron chi connectivity index (χ0n) is 10.0. The Bertz CT molecular complexity index is 580. The molecule has 2 atom stereocenters. The molecule has 2 aromatic carbocycles. The predicted octanol–water partition coefficient (Wildman–Crippen LogP) is 3.66. The summed E-state index contributed by atoms with van der Waals surface area (Å²) >= 11 is 0. The summed E-state index contributed by atoms with van der Waals surface area (Å²) in [5, 5.41) is 0. The average molecular weight is 257 g/mol. The molecule has 18 heavy (non-hydrogen) atoms. The Morgan fingerprint density at radius 1 is 0.944 bits per heavy atom. The topological polar surface area (TPSA) is 35.4 Å². The van der Waals surface area contributed by atoms with Crippen LogP contribution in [-0.4, -0.2) is 10.3 Å². The Balaban J connectivity index is 1.97. The minimum Gasteiger partial charge on any atom is -0.626 e. The molecule has 0 saturated carbocycles. The van der Waals surface area contributed by atoms with Crippen LogP contribution in [0.1, 0.15) is 18.0 Å². The molecule has 1 heterocycles. The van der Waals surface area contributed by atoms with E-state index in [2.05, 4.69) is 16.5 Å². The maximum Gasteiger partial charge on any atom is 0.136 e. The molecule has 0 radical (unpaired) electrons. The molecule has 1 aliphatic heterocycles. The molecule has 0 fully saturated rings. The lowest BCUT2D eigenvalue weighted by Crippen LogP contribution is -2.10. The monoisotopic (exact) mass is 257 g/mol. The van der Waals surface area contributed by atoms with E-state index >= 15 is 0 Å². The first kappa shape index (κ1) is 11.6. The highest BCUT2D eigenvalue weighted by atomic mass is 32.3. The van der Waals surface area contributed by atoms with Gasteiger partial charge in [-0.3, -0.25) is 0 Å². The first-order valence-electron chi connectivity index (χ1n) is 6.12. The van der Waals surface area contributed by atoms with Crippen LogP contribution in [0.5, 0.6) is 0 Å². The minimum absolute atomic E-state index is 0.0823. The van der Waals surface area contributed by atoms with Gasteiger partial charge in [0.05, 0.1) is 5.75 Å². The van der Waals surface area contributed by atoms with Crippen molar-refractivity contribution in [1.29, 1.82) is 0 Å². The largest absolute Gasteiger partial charge is 0.626 e. The van der Waals surface area contributed by atoms with Crippen LogP contribution < -0.4 is 0 Å². The molecule has 2 unspecified atom stereocenters. The van der Waals surface area contributed by atoms with Crippen molar-refractivity contribution in [3.8, 4) is 0 Å². The van der Waals surface area contributed by atoms with Crippen molar-refractivity contribution in [3.63, 3.8) is 0 Å². The Labute approximate surface area is 109 Å². The molecule has 3 rings (SSSR count). The molecule has 0 N–H and O–H groups in total. The van der Waals surface area contributed by atoms with Crippen molar-refractivity contribution in [1.82, 2.24) is 0 Å². The predicted molar refractivity (Wildman–Crippen MR) is 73.9 cm³/mol. The van der Waals surface area contributed by atoms with Crippen LogP contribution in [0.15, 0.2) is 69.9 Å². The second-order valence-corrected chi connectivity index (χ2v) is 6.85. The lowest BCUT2D eigenvalue weighted by Gasteiger charge is -2.17. The minimum atomic E-state index is -2.20. The van der Waals surface area contributed by atoms with Gasteiger partial charge in [0, 0.05) is 6.42 Å². The summed E-state index contributed by atoms with van der Waals surface area (Å²) in [5.41, 5.74) is 1.17. The Hall–Kier alpha value is -1.45. The highest BCUT2D eigenvalue weighted by Crippen LogP contribution is 2.36. The third-order valence-corrected chi connectivity index (χ3v) is 5.65. The fourth-order valence-electron chi connectivity index (χ4n) is 2.30. The highest BCUT2D eigenvalue weighted by molar-refractivity contribution is 8.00. The zero-order chi connectivity index (χ0) is 12.4. The van der Waals surface area contributed by atoms with E-state index in [9.17, 15) is 4.55 Å². The Morgan fingerprint density at radius 2 is 1.56 bits per heavy atom. The fourth-order valence-corrected chi connectivity index (χ4v) is 4.52. The van der Waals surface area contributed by atoms with Crippen molar-refractivity contribution in [3.05, 3.63) is 66.2 Å². The van der Waals surface area contributed by atoms with Gasteiger partial charge < -0.3 is 4.55 Å². The van der Waals surface area contributed by atoms with E-state index in [0.717, 1.165) is 11.3 Å². The first-order chi connectivity index (χ1) is 8.78. The average Bonchev–Trinajstić information content (AvgIpc) is 2.85. The summed E-state index contributed by atoms with van der Waals surface area (Å²) in [6.45, 7) is 0. The maximum atomic E-state index is 12.8. The Kier molecular flexibility index (Phi) is 3.02. The van der Waals surface area contributed by atoms with Gasteiger partial charge in [0.15, 0.2) is 0 Å².